The minimum atomic E-state index is -3.06. The Morgan fingerprint density at radius 2 is 2.12 bits per heavy atom. The van der Waals surface area contributed by atoms with Crippen LogP contribution in [0.1, 0.15) is 16.2 Å². The van der Waals surface area contributed by atoms with Gasteiger partial charge in [-0.15, -0.1) is 0 Å². The van der Waals surface area contributed by atoms with Crippen molar-refractivity contribution in [3.8, 4) is 5.75 Å². The predicted octanol–water partition coefficient (Wildman–Crippen LogP) is 0.626. The van der Waals surface area contributed by atoms with Crippen molar-refractivity contribution in [3.63, 3.8) is 0 Å². The van der Waals surface area contributed by atoms with Crippen LogP contribution in [-0.2, 0) is 9.84 Å². The van der Waals surface area contributed by atoms with Gasteiger partial charge in [-0.25, -0.2) is 13.4 Å². The van der Waals surface area contributed by atoms with Gasteiger partial charge in [0.1, 0.15) is 18.1 Å². The van der Waals surface area contributed by atoms with E-state index < -0.39 is 9.84 Å². The molecule has 1 aromatic heterocycles. The third-order valence-corrected chi connectivity index (χ3v) is 2.76. The van der Waals surface area contributed by atoms with Crippen molar-refractivity contribution in [1.82, 2.24) is 4.98 Å². The standard InChI is InChI=1S/C10H13NO4S/c1-8-3-4-10(9(7-12)11-8)15-5-6-16(2,13)14/h3-4,7H,5-6H2,1-2H3. The Hall–Kier alpha value is -1.43. The van der Waals surface area contributed by atoms with Crippen molar-refractivity contribution in [2.24, 2.45) is 0 Å². The molecule has 0 bridgehead atoms. The van der Waals surface area contributed by atoms with Crippen molar-refractivity contribution in [2.75, 3.05) is 18.6 Å². The molecule has 0 saturated heterocycles. The summed E-state index contributed by atoms with van der Waals surface area (Å²) in [6.45, 7) is 1.78. The van der Waals surface area contributed by atoms with E-state index in [1.165, 1.54) is 0 Å². The number of hydrogen-bond donors (Lipinski definition) is 0. The third kappa shape index (κ3) is 3.98. The summed E-state index contributed by atoms with van der Waals surface area (Å²) in [4.78, 5) is 14.6. The van der Waals surface area contributed by atoms with E-state index >= 15 is 0 Å². The maximum atomic E-state index is 10.9. The molecule has 16 heavy (non-hydrogen) atoms. The zero-order valence-corrected chi connectivity index (χ0v) is 9.95. The smallest absolute Gasteiger partial charge is 0.172 e. The van der Waals surface area contributed by atoms with Gasteiger partial charge in [-0.3, -0.25) is 4.79 Å². The largest absolute Gasteiger partial charge is 0.490 e. The summed E-state index contributed by atoms with van der Waals surface area (Å²) in [5.41, 5.74) is 0.895. The Morgan fingerprint density at radius 3 is 2.69 bits per heavy atom. The van der Waals surface area contributed by atoms with Crippen LogP contribution in [0.3, 0.4) is 0 Å². The summed E-state index contributed by atoms with van der Waals surface area (Å²) in [6.07, 6.45) is 1.72. The molecule has 0 N–H and O–H groups in total. The molecule has 0 spiro atoms. The Balaban J connectivity index is 2.70. The summed E-state index contributed by atoms with van der Waals surface area (Å²) >= 11 is 0. The predicted molar refractivity (Wildman–Crippen MR) is 59.6 cm³/mol. The molecule has 6 heteroatoms. The second-order valence-corrected chi connectivity index (χ2v) is 5.69. The van der Waals surface area contributed by atoms with E-state index in [1.54, 1.807) is 19.1 Å². The topological polar surface area (TPSA) is 73.3 Å². The van der Waals surface area contributed by atoms with Gasteiger partial charge < -0.3 is 4.74 Å². The number of aryl methyl sites for hydroxylation is 1. The molecule has 0 amide bonds. The second-order valence-electron chi connectivity index (χ2n) is 3.43. The first kappa shape index (κ1) is 12.6. The lowest BCUT2D eigenvalue weighted by molar-refractivity contribution is 0.111. The number of aldehydes is 1. The summed E-state index contributed by atoms with van der Waals surface area (Å²) in [5, 5.41) is 0. The van der Waals surface area contributed by atoms with Gasteiger partial charge in [0.05, 0.1) is 5.75 Å². The molecular weight excluding hydrogens is 230 g/mol. The fourth-order valence-electron chi connectivity index (χ4n) is 1.07. The first-order valence-electron chi connectivity index (χ1n) is 4.66. The summed E-state index contributed by atoms with van der Waals surface area (Å²) in [5.74, 6) is 0.225. The number of carbonyl (C=O) groups excluding carboxylic acids is 1. The molecule has 0 atom stereocenters. The molecule has 0 unspecified atom stereocenters. The Bertz CT molecular complexity index is 482. The van der Waals surface area contributed by atoms with E-state index in [-0.39, 0.29) is 18.1 Å². The van der Waals surface area contributed by atoms with Crippen LogP contribution >= 0.6 is 0 Å². The van der Waals surface area contributed by atoms with Crippen molar-refractivity contribution >= 4 is 16.1 Å². The highest BCUT2D eigenvalue weighted by molar-refractivity contribution is 7.90. The molecule has 0 aliphatic heterocycles. The van der Waals surface area contributed by atoms with Crippen LogP contribution in [0.5, 0.6) is 5.75 Å². The van der Waals surface area contributed by atoms with Crippen molar-refractivity contribution in [3.05, 3.63) is 23.5 Å². The maximum absolute atomic E-state index is 10.9. The van der Waals surface area contributed by atoms with Crippen LogP contribution in [0.2, 0.25) is 0 Å². The van der Waals surface area contributed by atoms with Crippen LogP contribution in [-0.4, -0.2) is 38.3 Å². The lowest BCUT2D eigenvalue weighted by Gasteiger charge is -2.07. The van der Waals surface area contributed by atoms with Gasteiger partial charge in [-0.1, -0.05) is 0 Å². The molecule has 5 nitrogen and oxygen atoms in total. The van der Waals surface area contributed by atoms with Crippen molar-refractivity contribution < 1.29 is 17.9 Å². The number of pyridine rings is 1. The van der Waals surface area contributed by atoms with Crippen molar-refractivity contribution in [1.29, 1.82) is 0 Å². The second kappa shape index (κ2) is 5.07. The Labute approximate surface area is 94.4 Å². The molecule has 0 fully saturated rings. The van der Waals surface area contributed by atoms with Gasteiger partial charge in [0.15, 0.2) is 16.1 Å². The summed E-state index contributed by atoms with van der Waals surface area (Å²) in [6, 6.07) is 3.30. The molecule has 0 aromatic carbocycles. The molecule has 1 rings (SSSR count). The van der Waals surface area contributed by atoms with Crippen molar-refractivity contribution in [2.45, 2.75) is 6.92 Å². The van der Waals surface area contributed by atoms with E-state index in [0.29, 0.717) is 17.7 Å². The van der Waals surface area contributed by atoms with Gasteiger partial charge >= 0.3 is 0 Å². The molecule has 0 aliphatic rings. The molecule has 0 radical (unpaired) electrons. The highest BCUT2D eigenvalue weighted by Gasteiger charge is 2.07. The number of sulfone groups is 1. The number of ether oxygens (including phenoxy) is 1. The van der Waals surface area contributed by atoms with Crippen LogP contribution in [0, 0.1) is 6.92 Å². The number of carbonyl (C=O) groups is 1. The minimum absolute atomic E-state index is 0.0183. The minimum Gasteiger partial charge on any atom is -0.490 e. The average molecular weight is 243 g/mol. The number of nitrogens with zero attached hydrogens (tertiary/aromatic N) is 1. The first-order chi connectivity index (χ1) is 7.42. The van der Waals surface area contributed by atoms with E-state index in [2.05, 4.69) is 4.98 Å². The quantitative estimate of drug-likeness (QED) is 0.709. The monoisotopic (exact) mass is 243 g/mol. The lowest BCUT2D eigenvalue weighted by Crippen LogP contribution is -2.13. The highest BCUT2D eigenvalue weighted by atomic mass is 32.2. The highest BCUT2D eigenvalue weighted by Crippen LogP contribution is 2.14. The van der Waals surface area contributed by atoms with E-state index in [1.807, 2.05) is 0 Å². The maximum Gasteiger partial charge on any atom is 0.172 e. The van der Waals surface area contributed by atoms with Crippen LogP contribution in [0.25, 0.3) is 0 Å². The first-order valence-corrected chi connectivity index (χ1v) is 6.72. The molecule has 0 saturated carbocycles. The van der Waals surface area contributed by atoms with Crippen LogP contribution < -0.4 is 4.74 Å². The summed E-state index contributed by atoms with van der Waals surface area (Å²) in [7, 11) is -3.06. The SMILES string of the molecule is Cc1ccc(OCCS(C)(=O)=O)c(C=O)n1. The zero-order valence-electron chi connectivity index (χ0n) is 9.13. The number of rotatable bonds is 5. The van der Waals surface area contributed by atoms with Gasteiger partial charge in [-0.05, 0) is 19.1 Å². The van der Waals surface area contributed by atoms with Gasteiger partial charge in [0, 0.05) is 11.9 Å². The third-order valence-electron chi connectivity index (χ3n) is 1.85. The fraction of sp³-hybridized carbons (Fsp3) is 0.400. The Kier molecular flexibility index (Phi) is 4.00. The number of aromatic nitrogens is 1. The van der Waals surface area contributed by atoms with Crippen LogP contribution in [0.15, 0.2) is 12.1 Å². The summed E-state index contributed by atoms with van der Waals surface area (Å²) < 4.78 is 26.9. The normalized spacial score (nSPS) is 11.1. The molecule has 1 aromatic rings. The average Bonchev–Trinajstić information content (AvgIpc) is 2.18. The van der Waals surface area contributed by atoms with Gasteiger partial charge in [0.2, 0.25) is 0 Å². The zero-order chi connectivity index (χ0) is 12.2. The van der Waals surface area contributed by atoms with Gasteiger partial charge in [0.25, 0.3) is 0 Å². The number of hydrogen-bond acceptors (Lipinski definition) is 5. The lowest BCUT2D eigenvalue weighted by atomic mass is 10.3. The molecule has 1 heterocycles. The van der Waals surface area contributed by atoms with Crippen LogP contribution in [0.4, 0.5) is 0 Å². The van der Waals surface area contributed by atoms with E-state index in [0.717, 1.165) is 6.26 Å². The molecule has 0 aliphatic carbocycles. The Morgan fingerprint density at radius 1 is 1.44 bits per heavy atom. The van der Waals surface area contributed by atoms with E-state index in [4.69, 9.17) is 4.74 Å². The molecular formula is C10H13NO4S. The van der Waals surface area contributed by atoms with E-state index in [9.17, 15) is 13.2 Å². The van der Waals surface area contributed by atoms with Gasteiger partial charge in [-0.2, -0.15) is 0 Å². The fourth-order valence-corrected chi connectivity index (χ4v) is 1.46. The molecule has 88 valence electrons.